The van der Waals surface area contributed by atoms with E-state index < -0.39 is 18.3 Å². The molecule has 1 atom stereocenters. The van der Waals surface area contributed by atoms with E-state index in [1.54, 1.807) is 7.11 Å². The van der Waals surface area contributed by atoms with Crippen LogP contribution in [0.15, 0.2) is 24.3 Å². The van der Waals surface area contributed by atoms with Gasteiger partial charge < -0.3 is 23.5 Å². The zero-order chi connectivity index (χ0) is 22.4. The minimum Gasteiger partial charge on any atom is -0.468 e. The summed E-state index contributed by atoms with van der Waals surface area (Å²) in [5.41, 5.74) is 2.34. The molecular formula is C24H31BO6. The van der Waals surface area contributed by atoms with E-state index in [2.05, 4.69) is 12.1 Å². The third kappa shape index (κ3) is 3.95. The summed E-state index contributed by atoms with van der Waals surface area (Å²) >= 11 is 0. The Morgan fingerprint density at radius 3 is 2.48 bits per heavy atom. The van der Waals surface area contributed by atoms with Gasteiger partial charge in [0.2, 0.25) is 0 Å². The highest BCUT2D eigenvalue weighted by molar-refractivity contribution is 6.65. The fraction of sp³-hybridized carbons (Fsp3) is 0.542. The van der Waals surface area contributed by atoms with Gasteiger partial charge in [0.25, 0.3) is 0 Å². The lowest BCUT2D eigenvalue weighted by atomic mass is 9.74. The molecule has 31 heavy (non-hydrogen) atoms. The molecule has 2 aromatic carbocycles. The number of hydrogen-bond donors (Lipinski definition) is 0. The smallest absolute Gasteiger partial charge is 0.468 e. The number of carbonyl (C=O) groups is 1. The fourth-order valence-electron chi connectivity index (χ4n) is 4.39. The largest absolute Gasteiger partial charge is 0.495 e. The fourth-order valence-corrected chi connectivity index (χ4v) is 4.39. The average Bonchev–Trinajstić information content (AvgIpc) is 3.24. The predicted molar refractivity (Wildman–Crippen MR) is 120 cm³/mol. The number of hydrogen-bond acceptors (Lipinski definition) is 6. The molecule has 0 saturated carbocycles. The van der Waals surface area contributed by atoms with Crippen LogP contribution in [-0.2, 0) is 36.4 Å². The summed E-state index contributed by atoms with van der Waals surface area (Å²) in [6.45, 7) is 10.6. The van der Waals surface area contributed by atoms with Crippen LogP contribution in [0, 0.1) is 5.92 Å². The molecule has 1 aliphatic heterocycles. The molecule has 4 rings (SSSR count). The molecular weight excluding hydrogens is 395 g/mol. The molecule has 0 radical (unpaired) electrons. The van der Waals surface area contributed by atoms with E-state index in [0.29, 0.717) is 25.2 Å². The van der Waals surface area contributed by atoms with Crippen molar-refractivity contribution in [3.63, 3.8) is 0 Å². The van der Waals surface area contributed by atoms with Crippen molar-refractivity contribution in [2.45, 2.75) is 58.7 Å². The molecule has 1 heterocycles. The lowest BCUT2D eigenvalue weighted by Crippen LogP contribution is -2.41. The summed E-state index contributed by atoms with van der Waals surface area (Å²) in [6.07, 6.45) is 1.34. The molecule has 166 valence electrons. The van der Waals surface area contributed by atoms with Crippen LogP contribution in [-0.4, -0.2) is 44.8 Å². The van der Waals surface area contributed by atoms with E-state index in [0.717, 1.165) is 16.2 Å². The van der Waals surface area contributed by atoms with E-state index in [4.69, 9.17) is 23.5 Å². The number of methoxy groups -OCH3 is 1. The Hall–Kier alpha value is -2.09. The van der Waals surface area contributed by atoms with Gasteiger partial charge >= 0.3 is 13.1 Å². The molecule has 6 nitrogen and oxygen atoms in total. The van der Waals surface area contributed by atoms with Gasteiger partial charge in [0, 0.05) is 7.11 Å². The number of benzene rings is 2. The second-order valence-electron chi connectivity index (χ2n) is 9.31. The van der Waals surface area contributed by atoms with Crippen molar-refractivity contribution in [2.24, 2.45) is 5.92 Å². The van der Waals surface area contributed by atoms with Crippen molar-refractivity contribution in [1.29, 1.82) is 0 Å². The van der Waals surface area contributed by atoms with Gasteiger partial charge in [0.1, 0.15) is 5.75 Å². The van der Waals surface area contributed by atoms with E-state index in [9.17, 15) is 4.79 Å². The first-order chi connectivity index (χ1) is 14.7. The lowest BCUT2D eigenvalue weighted by Gasteiger charge is -2.32. The Bertz CT molecular complexity index is 983. The standard InChI is InChI=1S/C24H31BO6/c1-7-28-22(26)17-10-15-8-9-16-11-18(29-14-27-6)13-20(21(16)19(15)12-17)25-30-23(2,3)24(4,5)31-25/h8-9,11,13,17H,7,10,12,14H2,1-6H3. The molecule has 1 fully saturated rings. The number of rotatable bonds is 6. The van der Waals surface area contributed by atoms with Crippen LogP contribution in [0.1, 0.15) is 45.7 Å². The van der Waals surface area contributed by atoms with Crippen LogP contribution in [0.2, 0.25) is 0 Å². The van der Waals surface area contributed by atoms with E-state index in [1.165, 1.54) is 11.1 Å². The van der Waals surface area contributed by atoms with E-state index >= 15 is 0 Å². The van der Waals surface area contributed by atoms with Gasteiger partial charge in [0.05, 0.1) is 23.7 Å². The second-order valence-corrected chi connectivity index (χ2v) is 9.31. The molecule has 0 spiro atoms. The molecule has 0 N–H and O–H groups in total. The van der Waals surface area contributed by atoms with Gasteiger partial charge in [-0.25, -0.2) is 0 Å². The zero-order valence-corrected chi connectivity index (χ0v) is 19.2. The highest BCUT2D eigenvalue weighted by atomic mass is 16.7. The van der Waals surface area contributed by atoms with Crippen LogP contribution < -0.4 is 10.2 Å². The Morgan fingerprint density at radius 1 is 1.13 bits per heavy atom. The summed E-state index contributed by atoms with van der Waals surface area (Å²) in [7, 11) is 1.06. The molecule has 7 heteroatoms. The number of esters is 1. The summed E-state index contributed by atoms with van der Waals surface area (Å²) in [5.74, 6) is 0.402. The van der Waals surface area contributed by atoms with Gasteiger partial charge in [-0.15, -0.1) is 0 Å². The van der Waals surface area contributed by atoms with Gasteiger partial charge in [-0.3, -0.25) is 4.79 Å². The summed E-state index contributed by atoms with van der Waals surface area (Å²) < 4.78 is 28.9. The Kier molecular flexibility index (Phi) is 5.79. The van der Waals surface area contributed by atoms with Crippen molar-refractivity contribution in [2.75, 3.05) is 20.5 Å². The van der Waals surface area contributed by atoms with Crippen molar-refractivity contribution < 1.29 is 28.3 Å². The van der Waals surface area contributed by atoms with Crippen LogP contribution in [0.5, 0.6) is 5.75 Å². The van der Waals surface area contributed by atoms with Crippen LogP contribution in [0.4, 0.5) is 0 Å². The SMILES string of the molecule is CCOC(=O)C1Cc2ccc3cc(OCOC)cc(B4OC(C)(C)C(C)(C)O4)c3c2C1. The zero-order valence-electron chi connectivity index (χ0n) is 19.2. The van der Waals surface area contributed by atoms with Crippen LogP contribution in [0.25, 0.3) is 10.8 Å². The van der Waals surface area contributed by atoms with Gasteiger partial charge in [-0.1, -0.05) is 12.1 Å². The molecule has 0 amide bonds. The minimum absolute atomic E-state index is 0.135. The van der Waals surface area contributed by atoms with E-state index in [1.807, 2.05) is 46.8 Å². The Morgan fingerprint density at radius 2 is 1.84 bits per heavy atom. The predicted octanol–water partition coefficient (Wildman–Crippen LogP) is 3.40. The van der Waals surface area contributed by atoms with Crippen molar-refractivity contribution >= 4 is 29.3 Å². The lowest BCUT2D eigenvalue weighted by molar-refractivity contribution is -0.147. The summed E-state index contributed by atoms with van der Waals surface area (Å²) in [4.78, 5) is 12.4. The van der Waals surface area contributed by atoms with Crippen molar-refractivity contribution in [1.82, 2.24) is 0 Å². The second kappa shape index (κ2) is 8.12. The van der Waals surface area contributed by atoms with Gasteiger partial charge in [0.15, 0.2) is 6.79 Å². The normalized spacial score (nSPS) is 21.4. The van der Waals surface area contributed by atoms with Crippen LogP contribution in [0.3, 0.4) is 0 Å². The van der Waals surface area contributed by atoms with E-state index in [-0.39, 0.29) is 18.7 Å². The van der Waals surface area contributed by atoms with Crippen molar-refractivity contribution in [3.05, 3.63) is 35.4 Å². The monoisotopic (exact) mass is 426 g/mol. The first kappa shape index (κ1) is 22.1. The maximum Gasteiger partial charge on any atom is 0.495 e. The Balaban J connectivity index is 1.82. The molecule has 2 aromatic rings. The third-order valence-electron chi connectivity index (χ3n) is 6.71. The third-order valence-corrected chi connectivity index (χ3v) is 6.71. The molecule has 2 aliphatic rings. The summed E-state index contributed by atoms with van der Waals surface area (Å²) in [6, 6.07) is 8.16. The van der Waals surface area contributed by atoms with Crippen molar-refractivity contribution in [3.8, 4) is 5.75 Å². The maximum atomic E-state index is 12.4. The minimum atomic E-state index is -0.535. The summed E-state index contributed by atoms with van der Waals surface area (Å²) in [5, 5.41) is 2.11. The van der Waals surface area contributed by atoms with Gasteiger partial charge in [-0.2, -0.15) is 0 Å². The Labute approximate surface area is 184 Å². The molecule has 0 aromatic heterocycles. The highest BCUT2D eigenvalue weighted by Gasteiger charge is 2.52. The highest BCUT2D eigenvalue weighted by Crippen LogP contribution is 2.39. The number of carbonyl (C=O) groups excluding carboxylic acids is 1. The van der Waals surface area contributed by atoms with Gasteiger partial charge in [-0.05, 0) is 87.0 Å². The van der Waals surface area contributed by atoms with Crippen LogP contribution >= 0.6 is 0 Å². The topological polar surface area (TPSA) is 63.2 Å². The molecule has 1 aliphatic carbocycles. The quantitative estimate of drug-likeness (QED) is 0.401. The first-order valence-electron chi connectivity index (χ1n) is 10.9. The maximum absolute atomic E-state index is 12.4. The molecule has 1 saturated heterocycles. The average molecular weight is 426 g/mol. The number of fused-ring (bicyclic) bond motifs is 3. The number of ether oxygens (including phenoxy) is 3. The molecule has 1 unspecified atom stereocenters. The first-order valence-corrected chi connectivity index (χ1v) is 10.9. The molecule has 0 bridgehead atoms.